The van der Waals surface area contributed by atoms with Crippen molar-refractivity contribution in [1.82, 2.24) is 5.32 Å². The Kier molecular flexibility index (Phi) is 6.37. The minimum atomic E-state index is -4.31. The summed E-state index contributed by atoms with van der Waals surface area (Å²) in [4.78, 5) is 4.09. The molecule has 0 atom stereocenters. The molecule has 0 radical (unpaired) electrons. The van der Waals surface area contributed by atoms with Gasteiger partial charge < -0.3 is 10.1 Å². The molecule has 24 heavy (non-hydrogen) atoms. The Balaban J connectivity index is 1.79. The second kappa shape index (κ2) is 8.49. The number of nitrogens with zero attached hydrogens (tertiary/aromatic N) is 1. The van der Waals surface area contributed by atoms with Gasteiger partial charge >= 0.3 is 6.18 Å². The van der Waals surface area contributed by atoms with Crippen molar-refractivity contribution >= 4 is 5.84 Å². The smallest absolute Gasteiger partial charge is 0.369 e. The quantitative estimate of drug-likeness (QED) is 0.638. The van der Waals surface area contributed by atoms with Crippen LogP contribution >= 0.6 is 0 Å². The third-order valence-corrected chi connectivity index (χ3v) is 3.40. The molecule has 0 bridgehead atoms. The topological polar surface area (TPSA) is 33.6 Å². The number of hydrogen-bond acceptors (Lipinski definition) is 2. The Morgan fingerprint density at radius 1 is 1.00 bits per heavy atom. The molecule has 0 spiro atoms. The van der Waals surface area contributed by atoms with Crippen LogP contribution in [0.2, 0.25) is 0 Å². The summed E-state index contributed by atoms with van der Waals surface area (Å²) in [5, 5.41) is 3.07. The van der Waals surface area contributed by atoms with Crippen molar-refractivity contribution in [3.05, 3.63) is 71.3 Å². The van der Waals surface area contributed by atoms with Gasteiger partial charge in [-0.15, -0.1) is 0 Å². The third-order valence-electron chi connectivity index (χ3n) is 3.40. The fourth-order valence-electron chi connectivity index (χ4n) is 2.05. The van der Waals surface area contributed by atoms with Crippen LogP contribution in [0.5, 0.6) is 0 Å². The maximum atomic E-state index is 12.5. The van der Waals surface area contributed by atoms with Gasteiger partial charge in [-0.3, -0.25) is 4.99 Å². The standard InChI is InChI=1S/C18H19F3N2O/c1-22-17(13-24-12-15-5-3-2-4-6-15)23-11-14-7-9-16(10-8-14)18(19,20)21/h2-10H,11-13H2,1H3,(H,22,23). The maximum absolute atomic E-state index is 12.5. The molecule has 0 fully saturated rings. The normalized spacial score (nSPS) is 12.2. The molecule has 6 heteroatoms. The number of alkyl halides is 3. The van der Waals surface area contributed by atoms with Gasteiger partial charge in [0.25, 0.3) is 0 Å². The van der Waals surface area contributed by atoms with E-state index in [1.165, 1.54) is 12.1 Å². The molecule has 3 nitrogen and oxygen atoms in total. The fourth-order valence-corrected chi connectivity index (χ4v) is 2.05. The van der Waals surface area contributed by atoms with Crippen LogP contribution in [0.1, 0.15) is 16.7 Å². The highest BCUT2D eigenvalue weighted by atomic mass is 19.4. The highest BCUT2D eigenvalue weighted by Gasteiger charge is 2.29. The van der Waals surface area contributed by atoms with E-state index in [2.05, 4.69) is 10.3 Å². The molecular weight excluding hydrogens is 317 g/mol. The van der Waals surface area contributed by atoms with Crippen molar-refractivity contribution in [2.75, 3.05) is 13.7 Å². The van der Waals surface area contributed by atoms with E-state index in [-0.39, 0.29) is 0 Å². The predicted octanol–water partition coefficient (Wildman–Crippen LogP) is 4.04. The second-order valence-corrected chi connectivity index (χ2v) is 5.20. The fraction of sp³-hybridized carbons (Fsp3) is 0.278. The number of amidine groups is 1. The summed E-state index contributed by atoms with van der Waals surface area (Å²) in [6.07, 6.45) is -4.31. The monoisotopic (exact) mass is 336 g/mol. The molecule has 0 aliphatic carbocycles. The van der Waals surface area contributed by atoms with Gasteiger partial charge in [-0.05, 0) is 23.3 Å². The number of aliphatic imine (C=N–C) groups is 1. The molecule has 1 N–H and O–H groups in total. The Bertz CT molecular complexity index is 652. The van der Waals surface area contributed by atoms with E-state index in [0.717, 1.165) is 23.3 Å². The molecular formula is C18H19F3N2O. The van der Waals surface area contributed by atoms with Crippen molar-refractivity contribution < 1.29 is 17.9 Å². The van der Waals surface area contributed by atoms with Crippen LogP contribution < -0.4 is 5.32 Å². The minimum absolute atomic E-state index is 0.312. The van der Waals surface area contributed by atoms with Crippen molar-refractivity contribution in [2.45, 2.75) is 19.3 Å². The van der Waals surface area contributed by atoms with Gasteiger partial charge in [0, 0.05) is 13.6 Å². The minimum Gasteiger partial charge on any atom is -0.369 e. The summed E-state index contributed by atoms with van der Waals surface area (Å²) in [5.41, 5.74) is 1.16. The Morgan fingerprint density at radius 2 is 1.67 bits per heavy atom. The first-order valence-corrected chi connectivity index (χ1v) is 7.46. The maximum Gasteiger partial charge on any atom is 0.416 e. The Morgan fingerprint density at radius 3 is 2.25 bits per heavy atom. The molecule has 0 aromatic heterocycles. The zero-order valence-electron chi connectivity index (χ0n) is 13.3. The first kappa shape index (κ1) is 18.0. The van der Waals surface area contributed by atoms with Crippen LogP contribution in [-0.4, -0.2) is 19.5 Å². The highest BCUT2D eigenvalue weighted by molar-refractivity contribution is 5.83. The van der Waals surface area contributed by atoms with Crippen LogP contribution in [0, 0.1) is 0 Å². The Hall–Kier alpha value is -2.34. The molecule has 0 saturated heterocycles. The van der Waals surface area contributed by atoms with E-state index in [9.17, 15) is 13.2 Å². The molecule has 0 amide bonds. The molecule has 0 aliphatic heterocycles. The summed E-state index contributed by atoms with van der Waals surface area (Å²) >= 11 is 0. The summed E-state index contributed by atoms with van der Waals surface area (Å²) in [7, 11) is 1.64. The molecule has 0 heterocycles. The number of hydrogen-bond donors (Lipinski definition) is 1. The van der Waals surface area contributed by atoms with Crippen LogP contribution in [0.4, 0.5) is 13.2 Å². The molecule has 0 unspecified atom stereocenters. The molecule has 0 aliphatic rings. The molecule has 0 saturated carbocycles. The van der Waals surface area contributed by atoms with Gasteiger partial charge in [0.1, 0.15) is 12.4 Å². The average Bonchev–Trinajstić information content (AvgIpc) is 2.58. The van der Waals surface area contributed by atoms with Crippen LogP contribution in [0.15, 0.2) is 59.6 Å². The van der Waals surface area contributed by atoms with E-state index in [0.29, 0.717) is 25.6 Å². The number of rotatable bonds is 6. The van der Waals surface area contributed by atoms with Crippen molar-refractivity contribution in [1.29, 1.82) is 0 Å². The lowest BCUT2D eigenvalue weighted by Crippen LogP contribution is -2.27. The van der Waals surface area contributed by atoms with Gasteiger partial charge in [0.2, 0.25) is 0 Å². The summed E-state index contributed by atoms with van der Waals surface area (Å²) < 4.78 is 43.1. The van der Waals surface area contributed by atoms with E-state index >= 15 is 0 Å². The summed E-state index contributed by atoms with van der Waals surface area (Å²) in [5.74, 6) is 0.644. The summed E-state index contributed by atoms with van der Waals surface area (Å²) in [6, 6.07) is 14.8. The van der Waals surface area contributed by atoms with Gasteiger partial charge in [-0.1, -0.05) is 42.5 Å². The first-order valence-electron chi connectivity index (χ1n) is 7.46. The third kappa shape index (κ3) is 5.70. The lowest BCUT2D eigenvalue weighted by atomic mass is 10.1. The van der Waals surface area contributed by atoms with Gasteiger partial charge in [-0.2, -0.15) is 13.2 Å². The predicted molar refractivity (Wildman–Crippen MR) is 87.7 cm³/mol. The zero-order chi connectivity index (χ0) is 17.4. The number of benzene rings is 2. The van der Waals surface area contributed by atoms with Crippen molar-refractivity contribution in [2.24, 2.45) is 4.99 Å². The lowest BCUT2D eigenvalue weighted by molar-refractivity contribution is -0.137. The van der Waals surface area contributed by atoms with Gasteiger partial charge in [0.15, 0.2) is 0 Å². The average molecular weight is 336 g/mol. The molecule has 128 valence electrons. The van der Waals surface area contributed by atoms with E-state index in [1.54, 1.807) is 7.05 Å². The van der Waals surface area contributed by atoms with Crippen LogP contribution in [0.3, 0.4) is 0 Å². The van der Waals surface area contributed by atoms with Gasteiger partial charge in [-0.25, -0.2) is 0 Å². The second-order valence-electron chi connectivity index (χ2n) is 5.20. The molecule has 2 rings (SSSR count). The number of ether oxygens (including phenoxy) is 1. The summed E-state index contributed by atoms with van der Waals surface area (Å²) in [6.45, 7) is 1.17. The van der Waals surface area contributed by atoms with Crippen LogP contribution in [0.25, 0.3) is 0 Å². The zero-order valence-corrected chi connectivity index (χ0v) is 13.3. The van der Waals surface area contributed by atoms with Crippen molar-refractivity contribution in [3.8, 4) is 0 Å². The molecule has 2 aromatic carbocycles. The van der Waals surface area contributed by atoms with Crippen LogP contribution in [-0.2, 0) is 24.1 Å². The number of halogens is 3. The van der Waals surface area contributed by atoms with E-state index in [4.69, 9.17) is 4.74 Å². The van der Waals surface area contributed by atoms with Crippen molar-refractivity contribution in [3.63, 3.8) is 0 Å². The number of nitrogens with one attached hydrogen (secondary N) is 1. The largest absolute Gasteiger partial charge is 0.416 e. The van der Waals surface area contributed by atoms with E-state index < -0.39 is 11.7 Å². The molecule has 2 aromatic rings. The van der Waals surface area contributed by atoms with Gasteiger partial charge in [0.05, 0.1) is 12.2 Å². The van der Waals surface area contributed by atoms with E-state index in [1.807, 2.05) is 30.3 Å². The lowest BCUT2D eigenvalue weighted by Gasteiger charge is -2.11. The SMILES string of the molecule is CN=C(COCc1ccccc1)NCc1ccc(C(F)(F)F)cc1. The first-order chi connectivity index (χ1) is 11.5. The highest BCUT2D eigenvalue weighted by Crippen LogP contribution is 2.29. The Labute approximate surface area is 139 Å².